The van der Waals surface area contributed by atoms with Crippen molar-refractivity contribution in [3.8, 4) is 5.75 Å². The first-order valence-electron chi connectivity index (χ1n) is 11.8. The molecule has 1 N–H and O–H groups in total. The number of aromatic nitrogens is 1. The highest BCUT2D eigenvalue weighted by Crippen LogP contribution is 2.26. The number of carbonyl (C=O) groups is 1. The zero-order valence-corrected chi connectivity index (χ0v) is 21.9. The fraction of sp³-hybridized carbons (Fsp3) is 0.138. The number of halogens is 1. The van der Waals surface area contributed by atoms with E-state index in [0.717, 1.165) is 32.8 Å². The van der Waals surface area contributed by atoms with Crippen LogP contribution in [0.4, 0.5) is 0 Å². The second kappa shape index (κ2) is 9.92. The minimum atomic E-state index is -4.09. The van der Waals surface area contributed by atoms with Gasteiger partial charge in [0.25, 0.3) is 15.9 Å². The number of aryl methyl sites for hydroxylation is 2. The van der Waals surface area contributed by atoms with E-state index in [2.05, 4.69) is 4.72 Å². The standard InChI is InChI=1S/C29H25ClN2O4S/c1-19-15-24(16-20(2)28(19)30)36-14-13-32-26-10-6-5-9-23(26)18-27(32)29(33)31-37(34,35)25-12-11-21-7-3-4-8-22(21)17-25/h3-12,15-18H,13-14H2,1-2H3,(H,31,33). The maximum Gasteiger partial charge on any atom is 0.281 e. The molecule has 0 bridgehead atoms. The van der Waals surface area contributed by atoms with Crippen molar-refractivity contribution in [3.05, 3.63) is 107 Å². The minimum Gasteiger partial charge on any atom is -0.492 e. The zero-order chi connectivity index (χ0) is 26.2. The molecule has 5 rings (SSSR count). The van der Waals surface area contributed by atoms with E-state index in [4.69, 9.17) is 16.3 Å². The first-order chi connectivity index (χ1) is 17.7. The maximum atomic E-state index is 13.3. The van der Waals surface area contributed by atoms with Crippen molar-refractivity contribution in [2.45, 2.75) is 25.3 Å². The molecular formula is C29H25ClN2O4S. The molecule has 4 aromatic carbocycles. The molecule has 0 saturated heterocycles. The van der Waals surface area contributed by atoms with Crippen LogP contribution >= 0.6 is 11.6 Å². The normalized spacial score (nSPS) is 11.6. The lowest BCUT2D eigenvalue weighted by Gasteiger charge is -2.14. The number of carbonyl (C=O) groups excluding carboxylic acids is 1. The Morgan fingerprint density at radius 1 is 0.865 bits per heavy atom. The molecule has 5 aromatic rings. The molecule has 8 heteroatoms. The number of fused-ring (bicyclic) bond motifs is 2. The molecule has 0 saturated carbocycles. The summed E-state index contributed by atoms with van der Waals surface area (Å²) in [5, 5.41) is 3.22. The van der Waals surface area contributed by atoms with E-state index >= 15 is 0 Å². The highest BCUT2D eigenvalue weighted by atomic mass is 35.5. The largest absolute Gasteiger partial charge is 0.492 e. The molecule has 1 aromatic heterocycles. The molecule has 37 heavy (non-hydrogen) atoms. The van der Waals surface area contributed by atoms with Crippen LogP contribution in [0.3, 0.4) is 0 Å². The van der Waals surface area contributed by atoms with Crippen LogP contribution in [-0.4, -0.2) is 25.5 Å². The second-order valence-electron chi connectivity index (χ2n) is 8.90. The lowest BCUT2D eigenvalue weighted by atomic mass is 10.1. The summed E-state index contributed by atoms with van der Waals surface area (Å²) >= 11 is 6.26. The van der Waals surface area contributed by atoms with E-state index in [1.165, 1.54) is 6.07 Å². The number of amides is 1. The van der Waals surface area contributed by atoms with Gasteiger partial charge in [0.1, 0.15) is 18.1 Å². The number of sulfonamides is 1. The van der Waals surface area contributed by atoms with Crippen molar-refractivity contribution in [2.75, 3.05) is 6.61 Å². The van der Waals surface area contributed by atoms with Gasteiger partial charge in [-0.1, -0.05) is 60.1 Å². The number of hydrogen-bond donors (Lipinski definition) is 1. The number of para-hydroxylation sites is 1. The average molecular weight is 533 g/mol. The van der Waals surface area contributed by atoms with Gasteiger partial charge in [0.2, 0.25) is 0 Å². The van der Waals surface area contributed by atoms with Crippen molar-refractivity contribution in [1.29, 1.82) is 0 Å². The number of hydrogen-bond acceptors (Lipinski definition) is 4. The van der Waals surface area contributed by atoms with Crippen molar-refractivity contribution >= 4 is 49.2 Å². The highest BCUT2D eigenvalue weighted by molar-refractivity contribution is 7.90. The van der Waals surface area contributed by atoms with E-state index in [-0.39, 0.29) is 17.2 Å². The van der Waals surface area contributed by atoms with E-state index in [0.29, 0.717) is 17.3 Å². The van der Waals surface area contributed by atoms with Crippen molar-refractivity contribution < 1.29 is 17.9 Å². The SMILES string of the molecule is Cc1cc(OCCn2c(C(=O)NS(=O)(=O)c3ccc4ccccc4c3)cc3ccccc32)cc(C)c1Cl. The minimum absolute atomic E-state index is 0.0269. The predicted octanol–water partition coefficient (Wildman–Crippen LogP) is 6.26. The first-order valence-corrected chi connectivity index (χ1v) is 13.6. The maximum absolute atomic E-state index is 13.3. The summed E-state index contributed by atoms with van der Waals surface area (Å²) in [6.07, 6.45) is 0. The molecule has 1 heterocycles. The van der Waals surface area contributed by atoms with Crippen molar-refractivity contribution in [2.24, 2.45) is 0 Å². The van der Waals surface area contributed by atoms with Crippen LogP contribution < -0.4 is 9.46 Å². The van der Waals surface area contributed by atoms with Gasteiger partial charge in [0.05, 0.1) is 11.4 Å². The molecule has 0 atom stereocenters. The third-order valence-electron chi connectivity index (χ3n) is 6.30. The Bertz CT molecular complexity index is 1740. The summed E-state index contributed by atoms with van der Waals surface area (Å²) in [5.74, 6) is -0.0247. The number of benzene rings is 4. The van der Waals surface area contributed by atoms with E-state index in [1.54, 1.807) is 22.8 Å². The highest BCUT2D eigenvalue weighted by Gasteiger charge is 2.23. The number of ether oxygens (including phenoxy) is 1. The monoisotopic (exact) mass is 532 g/mol. The Morgan fingerprint density at radius 2 is 1.51 bits per heavy atom. The van der Waals surface area contributed by atoms with Crippen molar-refractivity contribution in [3.63, 3.8) is 0 Å². The summed E-state index contributed by atoms with van der Waals surface area (Å²) in [4.78, 5) is 13.3. The number of nitrogens with zero attached hydrogens (tertiary/aromatic N) is 1. The third kappa shape index (κ3) is 5.05. The molecule has 188 valence electrons. The number of rotatable bonds is 7. The van der Waals surface area contributed by atoms with Gasteiger partial charge in [-0.25, -0.2) is 13.1 Å². The Kier molecular flexibility index (Phi) is 6.67. The zero-order valence-electron chi connectivity index (χ0n) is 20.4. The molecule has 0 aliphatic heterocycles. The Labute approximate surface area is 220 Å². The fourth-order valence-corrected chi connectivity index (χ4v) is 5.56. The van der Waals surface area contributed by atoms with Crippen LogP contribution in [0.1, 0.15) is 21.6 Å². The second-order valence-corrected chi connectivity index (χ2v) is 11.0. The topological polar surface area (TPSA) is 77.4 Å². The van der Waals surface area contributed by atoms with Gasteiger partial charge >= 0.3 is 0 Å². The Hall–Kier alpha value is -3.81. The molecule has 1 amide bonds. The lowest BCUT2D eigenvalue weighted by molar-refractivity contribution is 0.0972. The van der Waals surface area contributed by atoms with E-state index < -0.39 is 15.9 Å². The first kappa shape index (κ1) is 24.9. The molecular weight excluding hydrogens is 508 g/mol. The van der Waals surface area contributed by atoms with Crippen molar-refractivity contribution in [1.82, 2.24) is 9.29 Å². The van der Waals surface area contributed by atoms with Gasteiger partial charge in [-0.3, -0.25) is 4.79 Å². The van der Waals surface area contributed by atoms with Gasteiger partial charge in [-0.15, -0.1) is 0 Å². The molecule has 0 aliphatic rings. The van der Waals surface area contributed by atoms with Crippen LogP contribution in [0.5, 0.6) is 5.75 Å². The summed E-state index contributed by atoms with van der Waals surface area (Å²) in [6.45, 7) is 4.45. The Balaban J connectivity index is 1.40. The summed E-state index contributed by atoms with van der Waals surface area (Å²) < 4.78 is 36.2. The van der Waals surface area contributed by atoms with Crippen LogP contribution in [-0.2, 0) is 16.6 Å². The smallest absolute Gasteiger partial charge is 0.281 e. The van der Waals surface area contributed by atoms with Gasteiger partial charge in [-0.2, -0.15) is 0 Å². The fourth-order valence-electron chi connectivity index (χ4n) is 4.45. The summed E-state index contributed by atoms with van der Waals surface area (Å²) in [6, 6.07) is 25.2. The average Bonchev–Trinajstić information content (AvgIpc) is 3.25. The lowest BCUT2D eigenvalue weighted by Crippen LogP contribution is -2.32. The van der Waals surface area contributed by atoms with Gasteiger partial charge in [0, 0.05) is 15.9 Å². The summed E-state index contributed by atoms with van der Waals surface area (Å²) in [5.41, 5.74) is 2.88. The van der Waals surface area contributed by atoms with E-state index in [9.17, 15) is 13.2 Å². The van der Waals surface area contributed by atoms with Crippen LogP contribution in [0, 0.1) is 13.8 Å². The molecule has 0 unspecified atom stereocenters. The van der Waals surface area contributed by atoms with Gasteiger partial charge in [-0.05, 0) is 72.1 Å². The van der Waals surface area contributed by atoms with Crippen LogP contribution in [0.2, 0.25) is 5.02 Å². The quantitative estimate of drug-likeness (QED) is 0.268. The van der Waals surface area contributed by atoms with Gasteiger partial charge in [0.15, 0.2) is 0 Å². The molecule has 0 fully saturated rings. The predicted molar refractivity (Wildman–Crippen MR) is 147 cm³/mol. The molecule has 0 aliphatic carbocycles. The van der Waals surface area contributed by atoms with E-state index in [1.807, 2.05) is 74.5 Å². The third-order valence-corrected chi connectivity index (χ3v) is 8.22. The number of nitrogens with one attached hydrogen (secondary N) is 1. The van der Waals surface area contributed by atoms with Crippen LogP contribution in [0.25, 0.3) is 21.7 Å². The Morgan fingerprint density at radius 3 is 2.24 bits per heavy atom. The molecule has 0 radical (unpaired) electrons. The molecule has 6 nitrogen and oxygen atoms in total. The summed E-state index contributed by atoms with van der Waals surface area (Å²) in [7, 11) is -4.09. The molecule has 0 spiro atoms. The van der Waals surface area contributed by atoms with Gasteiger partial charge < -0.3 is 9.30 Å². The van der Waals surface area contributed by atoms with Crippen LogP contribution in [0.15, 0.2) is 89.8 Å².